The standard InChI is InChI=1S/C14H17ClN4O3S/c1-10-4-6-11(7-5-10)17-12(20)8-19(3)23(21,22)14-13(15)18(2)9-16-14/h4-7,9H,8H2,1-3H3,(H,17,20). The molecule has 0 unspecified atom stereocenters. The highest BCUT2D eigenvalue weighted by Crippen LogP contribution is 2.21. The zero-order chi connectivity index (χ0) is 17.2. The Labute approximate surface area is 139 Å². The summed E-state index contributed by atoms with van der Waals surface area (Å²) < 4.78 is 27.1. The van der Waals surface area contributed by atoms with Crippen molar-refractivity contribution in [2.75, 3.05) is 18.9 Å². The first-order valence-electron chi connectivity index (χ1n) is 6.71. The number of imidazole rings is 1. The summed E-state index contributed by atoms with van der Waals surface area (Å²) in [5, 5.41) is 2.36. The normalized spacial score (nSPS) is 11.7. The molecule has 1 aromatic heterocycles. The van der Waals surface area contributed by atoms with E-state index in [1.165, 1.54) is 17.9 Å². The summed E-state index contributed by atoms with van der Waals surface area (Å²) in [5.74, 6) is -0.452. The number of sulfonamides is 1. The minimum Gasteiger partial charge on any atom is -0.325 e. The van der Waals surface area contributed by atoms with E-state index in [1.807, 2.05) is 19.1 Å². The number of hydrogen-bond acceptors (Lipinski definition) is 4. The van der Waals surface area contributed by atoms with Gasteiger partial charge in [0.25, 0.3) is 10.0 Å². The number of nitrogens with zero attached hydrogens (tertiary/aromatic N) is 3. The zero-order valence-corrected chi connectivity index (χ0v) is 14.5. The molecule has 0 radical (unpaired) electrons. The van der Waals surface area contributed by atoms with Crippen LogP contribution in [0.2, 0.25) is 5.15 Å². The highest BCUT2D eigenvalue weighted by atomic mass is 35.5. The van der Waals surface area contributed by atoms with Crippen LogP contribution in [-0.4, -0.2) is 41.8 Å². The lowest BCUT2D eigenvalue weighted by Crippen LogP contribution is -2.35. The van der Waals surface area contributed by atoms with Gasteiger partial charge in [-0.1, -0.05) is 29.3 Å². The molecule has 0 aliphatic rings. The molecular formula is C14H17ClN4O3S. The lowest BCUT2D eigenvalue weighted by Gasteiger charge is -2.15. The molecule has 23 heavy (non-hydrogen) atoms. The maximum atomic E-state index is 12.4. The van der Waals surface area contributed by atoms with Crippen molar-refractivity contribution in [3.05, 3.63) is 41.3 Å². The quantitative estimate of drug-likeness (QED) is 0.882. The van der Waals surface area contributed by atoms with E-state index in [2.05, 4.69) is 10.3 Å². The third-order valence-corrected chi connectivity index (χ3v) is 5.49. The number of rotatable bonds is 5. The minimum atomic E-state index is -3.93. The van der Waals surface area contributed by atoms with Crippen molar-refractivity contribution in [1.29, 1.82) is 0 Å². The predicted octanol–water partition coefficient (Wildman–Crippen LogP) is 1.64. The molecular weight excluding hydrogens is 340 g/mol. The van der Waals surface area contributed by atoms with Crippen LogP contribution in [0.1, 0.15) is 5.56 Å². The number of halogens is 1. The molecule has 124 valence electrons. The van der Waals surface area contributed by atoms with Crippen LogP contribution in [0.5, 0.6) is 0 Å². The van der Waals surface area contributed by atoms with Gasteiger partial charge in [0.15, 0.2) is 0 Å². The van der Waals surface area contributed by atoms with E-state index < -0.39 is 15.9 Å². The van der Waals surface area contributed by atoms with Crippen molar-refractivity contribution in [3.63, 3.8) is 0 Å². The molecule has 1 heterocycles. The Balaban J connectivity index is 2.08. The number of carbonyl (C=O) groups excluding carboxylic acids is 1. The molecule has 1 amide bonds. The second-order valence-corrected chi connectivity index (χ2v) is 7.44. The van der Waals surface area contributed by atoms with E-state index in [1.54, 1.807) is 19.2 Å². The van der Waals surface area contributed by atoms with Crippen molar-refractivity contribution >= 4 is 33.2 Å². The van der Waals surface area contributed by atoms with Gasteiger partial charge in [-0.15, -0.1) is 0 Å². The summed E-state index contributed by atoms with van der Waals surface area (Å²) in [6, 6.07) is 7.20. The molecule has 2 aromatic rings. The molecule has 0 saturated carbocycles. The number of nitrogens with one attached hydrogen (secondary N) is 1. The second kappa shape index (κ2) is 6.69. The molecule has 0 spiro atoms. The molecule has 0 atom stereocenters. The minimum absolute atomic E-state index is 0.00390. The summed E-state index contributed by atoms with van der Waals surface area (Å²) >= 11 is 5.91. The van der Waals surface area contributed by atoms with Crippen molar-refractivity contribution in [2.24, 2.45) is 7.05 Å². The van der Waals surface area contributed by atoms with Gasteiger partial charge in [-0.25, -0.2) is 13.4 Å². The number of aryl methyl sites for hydroxylation is 2. The fourth-order valence-electron chi connectivity index (χ4n) is 1.84. The van der Waals surface area contributed by atoms with Crippen LogP contribution >= 0.6 is 11.6 Å². The summed E-state index contributed by atoms with van der Waals surface area (Å²) in [7, 11) is -1.05. The molecule has 0 fully saturated rings. The first kappa shape index (κ1) is 17.5. The van der Waals surface area contributed by atoms with Crippen LogP contribution in [-0.2, 0) is 21.9 Å². The van der Waals surface area contributed by atoms with Crippen LogP contribution in [0.25, 0.3) is 0 Å². The predicted molar refractivity (Wildman–Crippen MR) is 87.8 cm³/mol. The third-order valence-electron chi connectivity index (χ3n) is 3.19. The Morgan fingerprint density at radius 3 is 2.48 bits per heavy atom. The van der Waals surface area contributed by atoms with Crippen molar-refractivity contribution < 1.29 is 13.2 Å². The van der Waals surface area contributed by atoms with Gasteiger partial charge in [0.1, 0.15) is 5.15 Å². The fraction of sp³-hybridized carbons (Fsp3) is 0.286. The van der Waals surface area contributed by atoms with Gasteiger partial charge in [0, 0.05) is 19.8 Å². The summed E-state index contributed by atoms with van der Waals surface area (Å²) in [5.41, 5.74) is 1.66. The third kappa shape index (κ3) is 3.90. The van der Waals surface area contributed by atoms with Gasteiger partial charge < -0.3 is 9.88 Å². The highest BCUT2D eigenvalue weighted by molar-refractivity contribution is 7.89. The van der Waals surface area contributed by atoms with E-state index in [0.717, 1.165) is 9.87 Å². The van der Waals surface area contributed by atoms with Crippen molar-refractivity contribution in [3.8, 4) is 0 Å². The fourth-order valence-corrected chi connectivity index (χ4v) is 3.34. The largest absolute Gasteiger partial charge is 0.325 e. The van der Waals surface area contributed by atoms with E-state index >= 15 is 0 Å². The lowest BCUT2D eigenvalue weighted by atomic mass is 10.2. The monoisotopic (exact) mass is 356 g/mol. The summed E-state index contributed by atoms with van der Waals surface area (Å²) in [4.78, 5) is 15.8. The Hall–Kier alpha value is -1.90. The Morgan fingerprint density at radius 1 is 1.35 bits per heavy atom. The van der Waals surface area contributed by atoms with Gasteiger partial charge in [-0.2, -0.15) is 4.31 Å². The SMILES string of the molecule is Cc1ccc(NC(=O)CN(C)S(=O)(=O)c2ncn(C)c2Cl)cc1. The molecule has 0 aliphatic heterocycles. The Kier molecular flexibility index (Phi) is 5.08. The molecule has 1 N–H and O–H groups in total. The van der Waals surface area contributed by atoms with Crippen LogP contribution in [0.3, 0.4) is 0 Å². The first-order valence-corrected chi connectivity index (χ1v) is 8.53. The van der Waals surface area contributed by atoms with Gasteiger partial charge in [-0.3, -0.25) is 4.79 Å². The Morgan fingerprint density at radius 2 is 1.96 bits per heavy atom. The van der Waals surface area contributed by atoms with Crippen LogP contribution < -0.4 is 5.32 Å². The number of hydrogen-bond donors (Lipinski definition) is 1. The molecule has 1 aromatic carbocycles. The lowest BCUT2D eigenvalue weighted by molar-refractivity contribution is -0.116. The van der Waals surface area contributed by atoms with Crippen LogP contribution in [0.15, 0.2) is 35.6 Å². The topological polar surface area (TPSA) is 84.3 Å². The summed E-state index contributed by atoms with van der Waals surface area (Å²) in [6.45, 7) is 1.59. The molecule has 0 saturated heterocycles. The maximum Gasteiger partial charge on any atom is 0.263 e. The van der Waals surface area contributed by atoms with Gasteiger partial charge in [0.2, 0.25) is 10.9 Å². The number of anilines is 1. The molecule has 2 rings (SSSR count). The first-order chi connectivity index (χ1) is 10.7. The number of amides is 1. The maximum absolute atomic E-state index is 12.4. The van der Waals surface area contributed by atoms with Gasteiger partial charge in [0.05, 0.1) is 12.9 Å². The average Bonchev–Trinajstić information content (AvgIpc) is 2.82. The number of aromatic nitrogens is 2. The van der Waals surface area contributed by atoms with Crippen LogP contribution in [0.4, 0.5) is 5.69 Å². The van der Waals surface area contributed by atoms with E-state index in [4.69, 9.17) is 11.6 Å². The van der Waals surface area contributed by atoms with Gasteiger partial charge >= 0.3 is 0 Å². The van der Waals surface area contributed by atoms with Crippen molar-refractivity contribution in [2.45, 2.75) is 11.9 Å². The van der Waals surface area contributed by atoms with E-state index in [0.29, 0.717) is 5.69 Å². The molecule has 0 bridgehead atoms. The zero-order valence-electron chi connectivity index (χ0n) is 12.9. The highest BCUT2D eigenvalue weighted by Gasteiger charge is 2.28. The number of benzene rings is 1. The van der Waals surface area contributed by atoms with Crippen LogP contribution in [0, 0.1) is 6.92 Å². The molecule has 0 aliphatic carbocycles. The molecule has 7 nitrogen and oxygen atoms in total. The molecule has 9 heteroatoms. The Bertz CT molecular complexity index is 815. The van der Waals surface area contributed by atoms with Gasteiger partial charge in [-0.05, 0) is 19.1 Å². The van der Waals surface area contributed by atoms with Crippen molar-refractivity contribution in [1.82, 2.24) is 13.9 Å². The van der Waals surface area contributed by atoms with E-state index in [9.17, 15) is 13.2 Å². The number of carbonyl (C=O) groups is 1. The number of likely N-dealkylation sites (N-methyl/N-ethyl adjacent to an activating group) is 1. The smallest absolute Gasteiger partial charge is 0.263 e. The second-order valence-electron chi connectivity index (χ2n) is 5.13. The van der Waals surface area contributed by atoms with E-state index in [-0.39, 0.29) is 16.7 Å². The average molecular weight is 357 g/mol. The summed E-state index contributed by atoms with van der Waals surface area (Å²) in [6.07, 6.45) is 1.30.